The molecule has 0 saturated carbocycles. The summed E-state index contributed by atoms with van der Waals surface area (Å²) in [5.74, 6) is -0.209. The molecule has 80 valence electrons. The summed E-state index contributed by atoms with van der Waals surface area (Å²) in [4.78, 5) is 24.4. The molecular weight excluding hydrogens is 200 g/mol. The Morgan fingerprint density at radius 1 is 0.812 bits per heavy atom. The van der Waals surface area contributed by atoms with Crippen molar-refractivity contribution in [2.24, 2.45) is 11.8 Å². The molecule has 0 heterocycles. The van der Waals surface area contributed by atoms with E-state index in [0.717, 1.165) is 11.1 Å². The molecule has 0 aromatic rings. The second-order valence-electron chi connectivity index (χ2n) is 4.39. The van der Waals surface area contributed by atoms with Gasteiger partial charge < -0.3 is 0 Å². The summed E-state index contributed by atoms with van der Waals surface area (Å²) < 4.78 is 0. The van der Waals surface area contributed by atoms with Gasteiger partial charge in [-0.05, 0) is 12.8 Å². The molecule has 0 radical (unpaired) electrons. The van der Waals surface area contributed by atoms with Crippen LogP contribution in [0, 0.1) is 11.8 Å². The minimum absolute atomic E-state index is 0.143. The summed E-state index contributed by atoms with van der Waals surface area (Å²) >= 11 is 0. The van der Waals surface area contributed by atoms with Crippen LogP contribution in [0.4, 0.5) is 0 Å². The first-order valence-corrected chi connectivity index (χ1v) is 5.59. The standard InChI is InChI=1S/C14H12O2/c15-13-9-5-1-2-6-10(9)14(16)12-8-4-3-7-11(12)13/h1-6,9-10H,7-8H2. The fourth-order valence-electron chi connectivity index (χ4n) is 2.66. The summed E-state index contributed by atoms with van der Waals surface area (Å²) in [6.45, 7) is 0. The maximum Gasteiger partial charge on any atom is 0.167 e. The molecule has 0 fully saturated rings. The maximum absolute atomic E-state index is 12.2. The van der Waals surface area contributed by atoms with Crippen LogP contribution in [-0.4, -0.2) is 11.6 Å². The normalized spacial score (nSPS) is 31.8. The Labute approximate surface area is 94.0 Å². The molecule has 0 saturated heterocycles. The predicted molar refractivity (Wildman–Crippen MR) is 60.7 cm³/mol. The first-order valence-electron chi connectivity index (χ1n) is 5.59. The number of allylic oxidation sites excluding steroid dienone is 8. The fourth-order valence-corrected chi connectivity index (χ4v) is 2.66. The zero-order valence-corrected chi connectivity index (χ0v) is 8.85. The summed E-state index contributed by atoms with van der Waals surface area (Å²) in [5.41, 5.74) is 1.49. The molecular formula is C14H12O2. The lowest BCUT2D eigenvalue weighted by Crippen LogP contribution is -2.37. The van der Waals surface area contributed by atoms with E-state index in [4.69, 9.17) is 0 Å². The predicted octanol–water partition coefficient (Wildman–Crippen LogP) is 2.14. The number of ketones is 2. The Bertz CT molecular complexity index is 445. The van der Waals surface area contributed by atoms with Crippen molar-refractivity contribution in [2.45, 2.75) is 12.8 Å². The van der Waals surface area contributed by atoms with Gasteiger partial charge in [-0.15, -0.1) is 0 Å². The summed E-state index contributed by atoms with van der Waals surface area (Å²) in [5, 5.41) is 0. The lowest BCUT2D eigenvalue weighted by atomic mass is 9.70. The summed E-state index contributed by atoms with van der Waals surface area (Å²) in [6.07, 6.45) is 12.6. The third-order valence-electron chi connectivity index (χ3n) is 3.51. The minimum Gasteiger partial charge on any atom is -0.294 e. The van der Waals surface area contributed by atoms with E-state index in [1.165, 1.54) is 0 Å². The van der Waals surface area contributed by atoms with Crippen LogP contribution in [0.15, 0.2) is 47.6 Å². The zero-order chi connectivity index (χ0) is 11.1. The molecule has 3 rings (SSSR count). The van der Waals surface area contributed by atoms with Crippen LogP contribution < -0.4 is 0 Å². The van der Waals surface area contributed by atoms with Crippen LogP contribution in [0.3, 0.4) is 0 Å². The van der Waals surface area contributed by atoms with Crippen LogP contribution in [0.1, 0.15) is 12.8 Å². The molecule has 3 aliphatic rings. The molecule has 16 heavy (non-hydrogen) atoms. The number of Topliss-reactive ketones (excluding diaryl/α,β-unsaturated/α-hetero) is 2. The van der Waals surface area contributed by atoms with E-state index in [-0.39, 0.29) is 23.4 Å². The second-order valence-corrected chi connectivity index (χ2v) is 4.39. The first-order chi connectivity index (χ1) is 7.79. The largest absolute Gasteiger partial charge is 0.294 e. The highest BCUT2D eigenvalue weighted by Gasteiger charge is 2.40. The van der Waals surface area contributed by atoms with Gasteiger partial charge in [-0.25, -0.2) is 0 Å². The first kappa shape index (κ1) is 9.52. The van der Waals surface area contributed by atoms with Gasteiger partial charge in [0.15, 0.2) is 11.6 Å². The maximum atomic E-state index is 12.2. The van der Waals surface area contributed by atoms with Crippen LogP contribution in [0.2, 0.25) is 0 Å². The molecule has 3 aliphatic carbocycles. The Hall–Kier alpha value is -1.70. The molecule has 2 nitrogen and oxygen atoms in total. The molecule has 0 N–H and O–H groups in total. The topological polar surface area (TPSA) is 34.1 Å². The van der Waals surface area contributed by atoms with Gasteiger partial charge in [0.05, 0.1) is 11.8 Å². The number of hydrogen-bond donors (Lipinski definition) is 0. The highest BCUT2D eigenvalue weighted by molar-refractivity contribution is 6.15. The second kappa shape index (κ2) is 3.41. The van der Waals surface area contributed by atoms with E-state index in [2.05, 4.69) is 0 Å². The van der Waals surface area contributed by atoms with Gasteiger partial charge in [0.25, 0.3) is 0 Å². The number of fused-ring (bicyclic) bond motifs is 1. The quantitative estimate of drug-likeness (QED) is 0.576. The Kier molecular flexibility index (Phi) is 2.03. The molecule has 2 heteroatoms. The summed E-state index contributed by atoms with van der Waals surface area (Å²) in [7, 11) is 0. The fraction of sp³-hybridized carbons (Fsp3) is 0.286. The monoisotopic (exact) mass is 212 g/mol. The van der Waals surface area contributed by atoms with Crippen LogP contribution in [-0.2, 0) is 9.59 Å². The lowest BCUT2D eigenvalue weighted by molar-refractivity contribution is -0.127. The van der Waals surface area contributed by atoms with E-state index >= 15 is 0 Å². The zero-order valence-electron chi connectivity index (χ0n) is 8.85. The van der Waals surface area contributed by atoms with Gasteiger partial charge in [-0.1, -0.05) is 36.5 Å². The van der Waals surface area contributed by atoms with Crippen LogP contribution in [0.5, 0.6) is 0 Å². The SMILES string of the molecule is O=C1C2=C(CC=CC2)C(=O)C2C=CC=CC12. The van der Waals surface area contributed by atoms with E-state index in [9.17, 15) is 9.59 Å². The smallest absolute Gasteiger partial charge is 0.167 e. The van der Waals surface area contributed by atoms with Gasteiger partial charge >= 0.3 is 0 Å². The van der Waals surface area contributed by atoms with Crippen molar-refractivity contribution in [3.8, 4) is 0 Å². The van der Waals surface area contributed by atoms with Gasteiger partial charge in [0, 0.05) is 11.1 Å². The average Bonchev–Trinajstić information content (AvgIpc) is 2.36. The third kappa shape index (κ3) is 1.19. The number of carbonyl (C=O) groups is 2. The molecule has 0 aromatic carbocycles. The van der Waals surface area contributed by atoms with Crippen molar-refractivity contribution < 1.29 is 9.59 Å². The van der Waals surface area contributed by atoms with Crippen molar-refractivity contribution in [2.75, 3.05) is 0 Å². The number of hydrogen-bond acceptors (Lipinski definition) is 2. The van der Waals surface area contributed by atoms with Crippen molar-refractivity contribution in [3.63, 3.8) is 0 Å². The molecule has 0 aromatic heterocycles. The average molecular weight is 212 g/mol. The van der Waals surface area contributed by atoms with E-state index < -0.39 is 0 Å². The van der Waals surface area contributed by atoms with Crippen molar-refractivity contribution in [1.29, 1.82) is 0 Å². The molecule has 2 atom stereocenters. The van der Waals surface area contributed by atoms with Crippen molar-refractivity contribution in [3.05, 3.63) is 47.6 Å². The van der Waals surface area contributed by atoms with E-state index in [1.54, 1.807) is 0 Å². The summed E-state index contributed by atoms with van der Waals surface area (Å²) in [6, 6.07) is 0. The van der Waals surface area contributed by atoms with Gasteiger partial charge in [0.2, 0.25) is 0 Å². The number of carbonyl (C=O) groups excluding carboxylic acids is 2. The van der Waals surface area contributed by atoms with Gasteiger partial charge in [0.1, 0.15) is 0 Å². The lowest BCUT2D eigenvalue weighted by Gasteiger charge is -2.31. The molecule has 2 unspecified atom stereocenters. The van der Waals surface area contributed by atoms with Crippen molar-refractivity contribution in [1.82, 2.24) is 0 Å². The van der Waals surface area contributed by atoms with Crippen LogP contribution >= 0.6 is 0 Å². The Morgan fingerprint density at radius 3 is 1.69 bits per heavy atom. The van der Waals surface area contributed by atoms with E-state index in [1.807, 2.05) is 36.5 Å². The Morgan fingerprint density at radius 2 is 1.25 bits per heavy atom. The number of rotatable bonds is 0. The highest BCUT2D eigenvalue weighted by Crippen LogP contribution is 2.37. The molecule has 0 aliphatic heterocycles. The third-order valence-corrected chi connectivity index (χ3v) is 3.51. The molecule has 0 bridgehead atoms. The Balaban J connectivity index is 2.10. The van der Waals surface area contributed by atoms with E-state index in [0.29, 0.717) is 12.8 Å². The van der Waals surface area contributed by atoms with Crippen molar-refractivity contribution >= 4 is 11.6 Å². The minimum atomic E-state index is -0.247. The van der Waals surface area contributed by atoms with Crippen LogP contribution in [0.25, 0.3) is 0 Å². The highest BCUT2D eigenvalue weighted by atomic mass is 16.1. The molecule has 0 spiro atoms. The van der Waals surface area contributed by atoms with Gasteiger partial charge in [-0.3, -0.25) is 9.59 Å². The van der Waals surface area contributed by atoms with Gasteiger partial charge in [-0.2, -0.15) is 0 Å². The molecule has 0 amide bonds.